The molecular weight excluding hydrogens is 364 g/mol. The summed E-state index contributed by atoms with van der Waals surface area (Å²) in [5.74, 6) is 2.28. The lowest BCUT2D eigenvalue weighted by Crippen LogP contribution is -1.98. The van der Waals surface area contributed by atoms with Crippen molar-refractivity contribution in [3.05, 3.63) is 83.4 Å². The van der Waals surface area contributed by atoms with Crippen LogP contribution in [-0.4, -0.2) is 17.3 Å². The smallest absolute Gasteiger partial charge is 0.258 e. The molecule has 0 unspecified atom stereocenters. The largest absolute Gasteiger partial charge is 0.493 e. The van der Waals surface area contributed by atoms with Gasteiger partial charge >= 0.3 is 0 Å². The predicted octanol–water partition coefficient (Wildman–Crippen LogP) is 5.61. The lowest BCUT2D eigenvalue weighted by atomic mass is 10.1. The van der Waals surface area contributed by atoms with Gasteiger partial charge in [0, 0.05) is 11.1 Å². The Morgan fingerprint density at radius 3 is 2.14 bits per heavy atom. The van der Waals surface area contributed by atoms with Gasteiger partial charge in [-0.25, -0.2) is 0 Å². The van der Waals surface area contributed by atoms with Crippen LogP contribution in [0.15, 0.2) is 71.3 Å². The summed E-state index contributed by atoms with van der Waals surface area (Å²) in [4.78, 5) is 4.51. The topological polar surface area (TPSA) is 57.4 Å². The highest BCUT2D eigenvalue weighted by molar-refractivity contribution is 5.63. The van der Waals surface area contributed by atoms with Crippen molar-refractivity contribution >= 4 is 0 Å². The molecule has 0 aliphatic heterocycles. The molecule has 4 aromatic rings. The Morgan fingerprint density at radius 2 is 1.45 bits per heavy atom. The van der Waals surface area contributed by atoms with Crippen LogP contribution >= 0.6 is 0 Å². The van der Waals surface area contributed by atoms with Crippen LogP contribution in [0.1, 0.15) is 16.7 Å². The van der Waals surface area contributed by atoms with Gasteiger partial charge in [0.2, 0.25) is 5.82 Å². The highest BCUT2D eigenvalue weighted by Crippen LogP contribution is 2.33. The van der Waals surface area contributed by atoms with E-state index in [1.54, 1.807) is 7.11 Å². The fourth-order valence-corrected chi connectivity index (χ4v) is 2.93. The van der Waals surface area contributed by atoms with E-state index in [1.807, 2.05) is 49.4 Å². The number of ether oxygens (including phenoxy) is 2. The van der Waals surface area contributed by atoms with E-state index in [0.717, 1.165) is 16.7 Å². The Balaban J connectivity index is 1.53. The molecule has 0 atom stereocenters. The van der Waals surface area contributed by atoms with Crippen LogP contribution in [0.3, 0.4) is 0 Å². The standard InChI is InChI=1S/C24H22N2O3/c1-16-4-8-18(9-5-16)15-28-21-13-12-20(14-22(21)27-3)23-25-24(29-26-23)19-10-6-17(2)7-11-19/h4-14H,15H2,1-3H3. The van der Waals surface area contributed by atoms with Crippen molar-refractivity contribution in [2.24, 2.45) is 0 Å². The van der Waals surface area contributed by atoms with Crippen LogP contribution < -0.4 is 9.47 Å². The van der Waals surface area contributed by atoms with Gasteiger partial charge in [0.15, 0.2) is 11.5 Å². The van der Waals surface area contributed by atoms with Gasteiger partial charge in [-0.15, -0.1) is 0 Å². The first-order chi connectivity index (χ1) is 14.1. The first-order valence-corrected chi connectivity index (χ1v) is 9.40. The fraction of sp³-hybridized carbons (Fsp3) is 0.167. The molecule has 3 aromatic carbocycles. The molecule has 0 radical (unpaired) electrons. The average molecular weight is 386 g/mol. The van der Waals surface area contributed by atoms with Crippen molar-refractivity contribution in [1.82, 2.24) is 10.1 Å². The molecular formula is C24H22N2O3. The minimum Gasteiger partial charge on any atom is -0.493 e. The quantitative estimate of drug-likeness (QED) is 0.431. The van der Waals surface area contributed by atoms with Crippen LogP contribution in [0, 0.1) is 13.8 Å². The molecule has 0 bridgehead atoms. The van der Waals surface area contributed by atoms with Gasteiger partial charge in [0.25, 0.3) is 5.89 Å². The molecule has 5 nitrogen and oxygen atoms in total. The van der Waals surface area contributed by atoms with E-state index in [-0.39, 0.29) is 0 Å². The molecule has 0 N–H and O–H groups in total. The monoisotopic (exact) mass is 386 g/mol. The number of methoxy groups -OCH3 is 1. The summed E-state index contributed by atoms with van der Waals surface area (Å²) in [5, 5.41) is 4.11. The van der Waals surface area contributed by atoms with Crippen LogP contribution in [0.2, 0.25) is 0 Å². The maximum absolute atomic E-state index is 5.94. The number of aromatic nitrogens is 2. The lowest BCUT2D eigenvalue weighted by Gasteiger charge is -2.11. The van der Waals surface area contributed by atoms with Crippen LogP contribution in [0.4, 0.5) is 0 Å². The first-order valence-electron chi connectivity index (χ1n) is 9.40. The summed E-state index contributed by atoms with van der Waals surface area (Å²) >= 11 is 0. The minimum atomic E-state index is 0.468. The number of hydrogen-bond donors (Lipinski definition) is 0. The highest BCUT2D eigenvalue weighted by Gasteiger charge is 2.14. The Bertz CT molecular complexity index is 1100. The van der Waals surface area contributed by atoms with Crippen molar-refractivity contribution in [1.29, 1.82) is 0 Å². The molecule has 1 aromatic heterocycles. The number of hydrogen-bond acceptors (Lipinski definition) is 5. The Labute approximate surface area is 169 Å². The second-order valence-electron chi connectivity index (χ2n) is 6.93. The molecule has 0 saturated heterocycles. The Morgan fingerprint density at radius 1 is 0.793 bits per heavy atom. The van der Waals surface area contributed by atoms with Gasteiger partial charge in [0.05, 0.1) is 7.11 Å². The number of rotatable bonds is 6. The Hall–Kier alpha value is -3.60. The van der Waals surface area contributed by atoms with Crippen LogP contribution in [0.25, 0.3) is 22.8 Å². The fourth-order valence-electron chi connectivity index (χ4n) is 2.93. The van der Waals surface area contributed by atoms with Crippen molar-refractivity contribution in [3.63, 3.8) is 0 Å². The summed E-state index contributed by atoms with van der Waals surface area (Å²) in [6, 6.07) is 21.8. The van der Waals surface area contributed by atoms with Crippen molar-refractivity contribution in [2.45, 2.75) is 20.5 Å². The van der Waals surface area contributed by atoms with Crippen molar-refractivity contribution < 1.29 is 14.0 Å². The first kappa shape index (κ1) is 18.7. The third kappa shape index (κ3) is 4.29. The van der Waals surface area contributed by atoms with Crippen molar-refractivity contribution in [3.8, 4) is 34.3 Å². The molecule has 0 fully saturated rings. The molecule has 0 amide bonds. The summed E-state index contributed by atoms with van der Waals surface area (Å²) in [5.41, 5.74) is 5.19. The predicted molar refractivity (Wildman–Crippen MR) is 112 cm³/mol. The third-order valence-corrected chi connectivity index (χ3v) is 4.66. The summed E-state index contributed by atoms with van der Waals surface area (Å²) in [7, 11) is 1.62. The third-order valence-electron chi connectivity index (χ3n) is 4.66. The molecule has 29 heavy (non-hydrogen) atoms. The van der Waals surface area contributed by atoms with Gasteiger partial charge in [0.1, 0.15) is 6.61 Å². The zero-order chi connectivity index (χ0) is 20.2. The normalized spacial score (nSPS) is 10.7. The van der Waals surface area contributed by atoms with Gasteiger partial charge in [-0.3, -0.25) is 0 Å². The summed E-state index contributed by atoms with van der Waals surface area (Å²) < 4.78 is 16.9. The van der Waals surface area contributed by atoms with Crippen LogP contribution in [0.5, 0.6) is 11.5 Å². The molecule has 0 aliphatic rings. The minimum absolute atomic E-state index is 0.468. The molecule has 146 valence electrons. The SMILES string of the molecule is COc1cc(-c2noc(-c3ccc(C)cc3)n2)ccc1OCc1ccc(C)cc1. The lowest BCUT2D eigenvalue weighted by molar-refractivity contribution is 0.284. The van der Waals surface area contributed by atoms with Gasteiger partial charge in [-0.05, 0) is 49.7 Å². The van der Waals surface area contributed by atoms with E-state index in [4.69, 9.17) is 14.0 Å². The zero-order valence-corrected chi connectivity index (χ0v) is 16.7. The number of benzene rings is 3. The highest BCUT2D eigenvalue weighted by atomic mass is 16.5. The van der Waals surface area contributed by atoms with E-state index in [1.165, 1.54) is 11.1 Å². The molecule has 0 aliphatic carbocycles. The average Bonchev–Trinajstić information content (AvgIpc) is 3.24. The molecule has 4 rings (SSSR count). The summed E-state index contributed by atoms with van der Waals surface area (Å²) in [6.07, 6.45) is 0. The van der Waals surface area contributed by atoms with Crippen LogP contribution in [-0.2, 0) is 6.61 Å². The maximum Gasteiger partial charge on any atom is 0.258 e. The van der Waals surface area contributed by atoms with E-state index >= 15 is 0 Å². The summed E-state index contributed by atoms with van der Waals surface area (Å²) in [6.45, 7) is 4.57. The molecule has 1 heterocycles. The number of aryl methyl sites for hydroxylation is 2. The zero-order valence-electron chi connectivity index (χ0n) is 16.7. The van der Waals surface area contributed by atoms with Gasteiger partial charge < -0.3 is 14.0 Å². The van der Waals surface area contributed by atoms with Gasteiger partial charge in [-0.2, -0.15) is 4.98 Å². The molecule has 0 spiro atoms. The molecule has 0 saturated carbocycles. The van der Waals surface area contributed by atoms with E-state index in [2.05, 4.69) is 41.3 Å². The Kier molecular flexibility index (Phi) is 5.29. The van der Waals surface area contributed by atoms with E-state index in [9.17, 15) is 0 Å². The van der Waals surface area contributed by atoms with Crippen molar-refractivity contribution in [2.75, 3.05) is 7.11 Å². The van der Waals surface area contributed by atoms with E-state index < -0.39 is 0 Å². The molecule has 5 heteroatoms. The number of nitrogens with zero attached hydrogens (tertiary/aromatic N) is 2. The van der Waals surface area contributed by atoms with Gasteiger partial charge in [-0.1, -0.05) is 52.7 Å². The second-order valence-corrected chi connectivity index (χ2v) is 6.93. The van der Waals surface area contributed by atoms with E-state index in [0.29, 0.717) is 29.8 Å². The maximum atomic E-state index is 5.94. The second kappa shape index (κ2) is 8.19.